The quantitative estimate of drug-likeness (QED) is 0.155. The van der Waals surface area contributed by atoms with Crippen molar-refractivity contribution in [2.75, 3.05) is 0 Å². The van der Waals surface area contributed by atoms with E-state index in [1.807, 2.05) is 0 Å². The SMILES string of the molecule is Cc1ccc(-n2c3ccccc3c3cc(-c4ccc(C=Cc5ccc(-c6ccc7c(c6)c6ccccc6n7-c6ccccc6)cc5)cc4)ccc32)cc1. The third kappa shape index (κ3) is 5.44. The molecule has 2 aromatic heterocycles. The van der Waals surface area contributed by atoms with Gasteiger partial charge in [0, 0.05) is 32.9 Å². The molecule has 0 saturated carbocycles. The van der Waals surface area contributed by atoms with Gasteiger partial charge >= 0.3 is 0 Å². The monoisotopic (exact) mass is 676 g/mol. The van der Waals surface area contributed by atoms with Crippen LogP contribution in [-0.2, 0) is 0 Å². The van der Waals surface area contributed by atoms with Crippen molar-refractivity contribution in [3.05, 3.63) is 205 Å². The number of aryl methyl sites for hydroxylation is 1. The van der Waals surface area contributed by atoms with Crippen LogP contribution in [0.4, 0.5) is 0 Å². The molecule has 53 heavy (non-hydrogen) atoms. The fraction of sp³-hybridized carbons (Fsp3) is 0.0196. The Labute approximate surface area is 309 Å². The van der Waals surface area contributed by atoms with E-state index in [9.17, 15) is 0 Å². The molecule has 8 aromatic carbocycles. The van der Waals surface area contributed by atoms with Crippen molar-refractivity contribution in [3.63, 3.8) is 0 Å². The first-order chi connectivity index (χ1) is 26.2. The number of hydrogen-bond donors (Lipinski definition) is 0. The highest BCUT2D eigenvalue weighted by molar-refractivity contribution is 6.11. The van der Waals surface area contributed by atoms with Crippen molar-refractivity contribution >= 4 is 55.8 Å². The van der Waals surface area contributed by atoms with Crippen LogP contribution in [0, 0.1) is 6.92 Å². The number of para-hydroxylation sites is 3. The van der Waals surface area contributed by atoms with Gasteiger partial charge in [-0.3, -0.25) is 0 Å². The summed E-state index contributed by atoms with van der Waals surface area (Å²) in [5.74, 6) is 0. The lowest BCUT2D eigenvalue weighted by Gasteiger charge is -2.09. The van der Waals surface area contributed by atoms with Gasteiger partial charge in [-0.1, -0.05) is 145 Å². The van der Waals surface area contributed by atoms with Gasteiger partial charge in [-0.2, -0.15) is 0 Å². The highest BCUT2D eigenvalue weighted by Gasteiger charge is 2.14. The van der Waals surface area contributed by atoms with E-state index in [2.05, 4.69) is 216 Å². The average molecular weight is 677 g/mol. The molecule has 2 nitrogen and oxygen atoms in total. The summed E-state index contributed by atoms with van der Waals surface area (Å²) in [7, 11) is 0. The predicted octanol–water partition coefficient (Wildman–Crippen LogP) is 13.7. The molecular weight excluding hydrogens is 641 g/mol. The minimum absolute atomic E-state index is 1.18. The molecule has 250 valence electrons. The lowest BCUT2D eigenvalue weighted by atomic mass is 10.00. The molecule has 0 radical (unpaired) electrons. The average Bonchev–Trinajstić information content (AvgIpc) is 3.73. The van der Waals surface area contributed by atoms with E-state index in [0.29, 0.717) is 0 Å². The van der Waals surface area contributed by atoms with E-state index in [-0.39, 0.29) is 0 Å². The molecule has 0 spiro atoms. The lowest BCUT2D eigenvalue weighted by Crippen LogP contribution is -1.93. The van der Waals surface area contributed by atoms with Gasteiger partial charge in [-0.25, -0.2) is 0 Å². The van der Waals surface area contributed by atoms with Crippen LogP contribution in [0.25, 0.3) is 89.4 Å². The van der Waals surface area contributed by atoms with Crippen LogP contribution in [0.2, 0.25) is 0 Å². The van der Waals surface area contributed by atoms with Gasteiger partial charge in [0.2, 0.25) is 0 Å². The predicted molar refractivity (Wildman–Crippen MR) is 226 cm³/mol. The van der Waals surface area contributed by atoms with Gasteiger partial charge < -0.3 is 9.13 Å². The van der Waals surface area contributed by atoms with Crippen molar-refractivity contribution in [2.45, 2.75) is 6.92 Å². The molecule has 0 atom stereocenters. The number of benzene rings is 8. The Morgan fingerprint density at radius 1 is 0.321 bits per heavy atom. The zero-order valence-corrected chi connectivity index (χ0v) is 29.4. The van der Waals surface area contributed by atoms with Crippen LogP contribution in [0.1, 0.15) is 16.7 Å². The summed E-state index contributed by atoms with van der Waals surface area (Å²) >= 11 is 0. The van der Waals surface area contributed by atoms with E-state index in [1.54, 1.807) is 0 Å². The highest BCUT2D eigenvalue weighted by Crippen LogP contribution is 2.37. The van der Waals surface area contributed by atoms with Crippen LogP contribution >= 0.6 is 0 Å². The van der Waals surface area contributed by atoms with E-state index < -0.39 is 0 Å². The Morgan fingerprint density at radius 3 is 1.21 bits per heavy atom. The summed E-state index contributed by atoms with van der Waals surface area (Å²) in [6.45, 7) is 2.13. The normalized spacial score (nSPS) is 11.8. The Kier molecular flexibility index (Phi) is 7.40. The summed E-state index contributed by atoms with van der Waals surface area (Å²) in [4.78, 5) is 0. The van der Waals surface area contributed by atoms with Crippen molar-refractivity contribution in [2.24, 2.45) is 0 Å². The summed E-state index contributed by atoms with van der Waals surface area (Å²) in [5, 5.41) is 5.07. The third-order valence-corrected chi connectivity index (χ3v) is 10.6. The Bertz CT molecular complexity index is 2960. The number of hydrogen-bond acceptors (Lipinski definition) is 0. The van der Waals surface area contributed by atoms with Crippen LogP contribution in [0.5, 0.6) is 0 Å². The second-order valence-corrected chi connectivity index (χ2v) is 13.9. The maximum absolute atomic E-state index is 2.37. The van der Waals surface area contributed by atoms with Crippen molar-refractivity contribution in [1.82, 2.24) is 9.13 Å². The standard InChI is InChI=1S/C51H36N2/c1-35-15-29-43(30-16-35)53-49-14-8-6-12-45(49)47-34-41(28-32-51(47)53)39-25-21-37(22-26-39)18-17-36-19-23-38(24-20-36)40-27-31-50-46(33-40)44-11-5-7-13-48(44)52(50)42-9-3-2-4-10-42/h2-34H,1H3. The van der Waals surface area contributed by atoms with Crippen LogP contribution in [0.15, 0.2) is 188 Å². The second kappa shape index (κ2) is 12.7. The first-order valence-electron chi connectivity index (χ1n) is 18.3. The largest absolute Gasteiger partial charge is 0.309 e. The zero-order valence-electron chi connectivity index (χ0n) is 29.4. The van der Waals surface area contributed by atoms with E-state index >= 15 is 0 Å². The molecular formula is C51H36N2. The fourth-order valence-electron chi connectivity index (χ4n) is 7.90. The van der Waals surface area contributed by atoms with Crippen LogP contribution < -0.4 is 0 Å². The molecule has 0 aliphatic rings. The Hall–Kier alpha value is -6.90. The topological polar surface area (TPSA) is 9.86 Å². The molecule has 0 unspecified atom stereocenters. The Morgan fingerprint density at radius 2 is 0.717 bits per heavy atom. The van der Waals surface area contributed by atoms with Crippen LogP contribution in [0.3, 0.4) is 0 Å². The summed E-state index contributed by atoms with van der Waals surface area (Å²) in [6.07, 6.45) is 4.39. The zero-order chi connectivity index (χ0) is 35.3. The molecule has 2 heteroatoms. The van der Waals surface area contributed by atoms with Crippen LogP contribution in [-0.4, -0.2) is 9.13 Å². The number of rotatable bonds is 6. The maximum atomic E-state index is 2.37. The minimum atomic E-state index is 1.18. The van der Waals surface area contributed by atoms with Gasteiger partial charge in [0.25, 0.3) is 0 Å². The first-order valence-corrected chi connectivity index (χ1v) is 18.3. The molecule has 10 aromatic rings. The molecule has 2 heterocycles. The van der Waals surface area contributed by atoms with Crippen molar-refractivity contribution in [1.29, 1.82) is 0 Å². The van der Waals surface area contributed by atoms with Crippen molar-refractivity contribution < 1.29 is 0 Å². The van der Waals surface area contributed by atoms with E-state index in [4.69, 9.17) is 0 Å². The van der Waals surface area contributed by atoms with E-state index in [0.717, 1.165) is 0 Å². The second-order valence-electron chi connectivity index (χ2n) is 13.9. The van der Waals surface area contributed by atoms with Gasteiger partial charge in [-0.05, 0) is 101 Å². The summed E-state index contributed by atoms with van der Waals surface area (Å²) in [5.41, 5.74) is 15.7. The minimum Gasteiger partial charge on any atom is -0.309 e. The smallest absolute Gasteiger partial charge is 0.0541 e. The lowest BCUT2D eigenvalue weighted by molar-refractivity contribution is 1.17. The molecule has 0 bridgehead atoms. The molecule has 10 rings (SSSR count). The molecule has 0 saturated heterocycles. The summed E-state index contributed by atoms with van der Waals surface area (Å²) < 4.78 is 4.73. The molecule has 0 amide bonds. The molecule has 0 aliphatic carbocycles. The number of aromatic nitrogens is 2. The molecule has 0 fully saturated rings. The number of nitrogens with zero attached hydrogens (tertiary/aromatic N) is 2. The summed E-state index contributed by atoms with van der Waals surface area (Å²) in [6, 6.07) is 68.3. The van der Waals surface area contributed by atoms with Gasteiger partial charge in [0.1, 0.15) is 0 Å². The number of fused-ring (bicyclic) bond motifs is 6. The van der Waals surface area contributed by atoms with Crippen molar-refractivity contribution in [3.8, 4) is 33.6 Å². The molecule has 0 aliphatic heterocycles. The highest BCUT2D eigenvalue weighted by atomic mass is 15.0. The maximum Gasteiger partial charge on any atom is 0.0541 e. The van der Waals surface area contributed by atoms with Gasteiger partial charge in [0.15, 0.2) is 0 Å². The molecule has 0 N–H and O–H groups in total. The van der Waals surface area contributed by atoms with Gasteiger partial charge in [0.05, 0.1) is 22.1 Å². The Balaban J connectivity index is 0.904. The van der Waals surface area contributed by atoms with Gasteiger partial charge in [-0.15, -0.1) is 0 Å². The first kappa shape index (κ1) is 30.9. The third-order valence-electron chi connectivity index (χ3n) is 10.6. The van der Waals surface area contributed by atoms with E-state index in [1.165, 1.54) is 93.9 Å². The fourth-order valence-corrected chi connectivity index (χ4v) is 7.90.